The first kappa shape index (κ1) is 18.7. The average molecular weight is 387 g/mol. The molecule has 1 unspecified atom stereocenters. The Morgan fingerprint density at radius 2 is 2.12 bits per heavy atom. The van der Waals surface area contributed by atoms with Crippen LogP contribution in [0.15, 0.2) is 23.6 Å². The molecular formula is C16H16Cl2N2O3S. The van der Waals surface area contributed by atoms with E-state index in [2.05, 4.69) is 10.3 Å². The molecule has 2 rings (SSSR count). The molecule has 0 fully saturated rings. The van der Waals surface area contributed by atoms with Crippen molar-refractivity contribution in [2.24, 2.45) is 0 Å². The summed E-state index contributed by atoms with van der Waals surface area (Å²) in [5.74, 6) is -1.40. The second kappa shape index (κ2) is 8.46. The number of rotatable bonds is 7. The zero-order chi connectivity index (χ0) is 17.7. The Morgan fingerprint density at radius 1 is 1.38 bits per heavy atom. The minimum Gasteiger partial charge on any atom is -0.480 e. The largest absolute Gasteiger partial charge is 0.480 e. The molecule has 0 bridgehead atoms. The predicted molar refractivity (Wildman–Crippen MR) is 95.7 cm³/mol. The van der Waals surface area contributed by atoms with Gasteiger partial charge in [0.25, 0.3) is 0 Å². The molecule has 0 aliphatic heterocycles. The zero-order valence-corrected chi connectivity index (χ0v) is 15.2. The Balaban J connectivity index is 2.05. The number of aromatic nitrogens is 1. The summed E-state index contributed by atoms with van der Waals surface area (Å²) in [4.78, 5) is 27.5. The van der Waals surface area contributed by atoms with E-state index in [1.807, 2.05) is 6.92 Å². The molecule has 5 nitrogen and oxygen atoms in total. The van der Waals surface area contributed by atoms with Crippen LogP contribution in [0.2, 0.25) is 10.0 Å². The molecule has 1 atom stereocenters. The van der Waals surface area contributed by atoms with E-state index in [1.54, 1.807) is 23.6 Å². The van der Waals surface area contributed by atoms with Crippen LogP contribution in [0.1, 0.15) is 25.5 Å². The number of nitrogens with zero attached hydrogens (tertiary/aromatic N) is 1. The summed E-state index contributed by atoms with van der Waals surface area (Å²) in [5, 5.41) is 15.1. The average Bonchev–Trinajstić information content (AvgIpc) is 2.94. The van der Waals surface area contributed by atoms with Gasteiger partial charge in [0.2, 0.25) is 5.91 Å². The summed E-state index contributed by atoms with van der Waals surface area (Å²) in [6.45, 7) is 1.87. The third-order valence-electron chi connectivity index (χ3n) is 3.27. The van der Waals surface area contributed by atoms with Crippen molar-refractivity contribution in [2.75, 3.05) is 0 Å². The fraction of sp³-hybridized carbons (Fsp3) is 0.312. The topological polar surface area (TPSA) is 79.3 Å². The molecular weight excluding hydrogens is 371 g/mol. The highest BCUT2D eigenvalue weighted by molar-refractivity contribution is 7.13. The molecule has 1 heterocycles. The quantitative estimate of drug-likeness (QED) is 0.752. The van der Waals surface area contributed by atoms with Gasteiger partial charge < -0.3 is 10.4 Å². The zero-order valence-electron chi connectivity index (χ0n) is 12.9. The summed E-state index contributed by atoms with van der Waals surface area (Å²) in [5.41, 5.74) is 1.31. The Morgan fingerprint density at radius 3 is 2.75 bits per heavy atom. The smallest absolute Gasteiger partial charge is 0.326 e. The number of thiazole rings is 1. The number of carbonyl (C=O) groups excluding carboxylic acids is 1. The molecule has 0 saturated heterocycles. The molecule has 8 heteroatoms. The molecule has 0 aliphatic rings. The fourth-order valence-electron chi connectivity index (χ4n) is 2.13. The van der Waals surface area contributed by atoms with E-state index in [1.165, 1.54) is 11.3 Å². The van der Waals surface area contributed by atoms with Crippen molar-refractivity contribution in [3.8, 4) is 10.6 Å². The van der Waals surface area contributed by atoms with Gasteiger partial charge in [-0.05, 0) is 24.6 Å². The number of hydrogen-bond acceptors (Lipinski definition) is 4. The van der Waals surface area contributed by atoms with Crippen LogP contribution in [0, 0.1) is 0 Å². The van der Waals surface area contributed by atoms with Crippen LogP contribution in [0.3, 0.4) is 0 Å². The van der Waals surface area contributed by atoms with Crippen molar-refractivity contribution in [1.82, 2.24) is 10.3 Å². The number of carboxylic acid groups (broad SMARTS) is 1. The minimum atomic E-state index is -1.03. The van der Waals surface area contributed by atoms with E-state index in [0.29, 0.717) is 33.6 Å². The lowest BCUT2D eigenvalue weighted by Crippen LogP contribution is -2.41. The van der Waals surface area contributed by atoms with E-state index in [-0.39, 0.29) is 12.3 Å². The number of benzene rings is 1. The van der Waals surface area contributed by atoms with Gasteiger partial charge in [0.15, 0.2) is 0 Å². The van der Waals surface area contributed by atoms with Crippen molar-refractivity contribution in [1.29, 1.82) is 0 Å². The Labute approximate surface area is 153 Å². The molecule has 128 valence electrons. The van der Waals surface area contributed by atoms with Gasteiger partial charge in [-0.3, -0.25) is 4.79 Å². The number of amides is 1. The second-order valence-corrected chi connectivity index (χ2v) is 6.89. The molecule has 2 aromatic rings. The first-order valence-electron chi connectivity index (χ1n) is 7.32. The van der Waals surface area contributed by atoms with Gasteiger partial charge in [0, 0.05) is 16.0 Å². The monoisotopic (exact) mass is 386 g/mol. The SMILES string of the molecule is CCCC(NC(=O)Cc1csc(-c2ccc(Cl)cc2Cl)n1)C(=O)O. The second-order valence-electron chi connectivity index (χ2n) is 5.19. The predicted octanol–water partition coefficient (Wildman–Crippen LogP) is 4.03. The third kappa shape index (κ3) is 4.93. The van der Waals surface area contributed by atoms with Crippen LogP contribution in [0.25, 0.3) is 10.6 Å². The number of carboxylic acids is 1. The van der Waals surface area contributed by atoms with Gasteiger partial charge in [0.1, 0.15) is 11.0 Å². The maximum Gasteiger partial charge on any atom is 0.326 e. The van der Waals surface area contributed by atoms with E-state index in [4.69, 9.17) is 28.3 Å². The van der Waals surface area contributed by atoms with E-state index < -0.39 is 12.0 Å². The molecule has 24 heavy (non-hydrogen) atoms. The lowest BCUT2D eigenvalue weighted by atomic mass is 10.1. The van der Waals surface area contributed by atoms with Gasteiger partial charge in [-0.1, -0.05) is 36.5 Å². The summed E-state index contributed by atoms with van der Waals surface area (Å²) in [6.07, 6.45) is 1.09. The van der Waals surface area contributed by atoms with Crippen molar-refractivity contribution in [2.45, 2.75) is 32.2 Å². The van der Waals surface area contributed by atoms with E-state index in [9.17, 15) is 9.59 Å². The summed E-state index contributed by atoms with van der Waals surface area (Å²) in [6, 6.07) is 4.26. The van der Waals surface area contributed by atoms with Gasteiger partial charge in [-0.25, -0.2) is 9.78 Å². The molecule has 0 aliphatic carbocycles. The van der Waals surface area contributed by atoms with Crippen LogP contribution >= 0.6 is 34.5 Å². The summed E-state index contributed by atoms with van der Waals surface area (Å²) < 4.78 is 0. The number of aliphatic carboxylic acids is 1. The van der Waals surface area contributed by atoms with Crippen molar-refractivity contribution >= 4 is 46.4 Å². The summed E-state index contributed by atoms with van der Waals surface area (Å²) in [7, 11) is 0. The van der Waals surface area contributed by atoms with Gasteiger partial charge >= 0.3 is 5.97 Å². The number of carbonyl (C=O) groups is 2. The first-order chi connectivity index (χ1) is 11.4. The summed E-state index contributed by atoms with van der Waals surface area (Å²) >= 11 is 13.4. The molecule has 1 aromatic carbocycles. The Bertz CT molecular complexity index is 749. The van der Waals surface area contributed by atoms with Crippen LogP contribution < -0.4 is 5.32 Å². The van der Waals surface area contributed by atoms with Crippen LogP contribution in [-0.4, -0.2) is 28.0 Å². The molecule has 0 saturated carbocycles. The minimum absolute atomic E-state index is 0.0230. The highest BCUT2D eigenvalue weighted by Gasteiger charge is 2.19. The lowest BCUT2D eigenvalue weighted by Gasteiger charge is -2.12. The maximum atomic E-state index is 12.0. The Kier molecular flexibility index (Phi) is 6.60. The molecule has 0 radical (unpaired) electrons. The third-order valence-corrected chi connectivity index (χ3v) is 4.74. The van der Waals surface area contributed by atoms with Crippen molar-refractivity contribution in [3.63, 3.8) is 0 Å². The number of halogens is 2. The van der Waals surface area contributed by atoms with Crippen LogP contribution in [0.5, 0.6) is 0 Å². The molecule has 1 amide bonds. The van der Waals surface area contributed by atoms with Crippen molar-refractivity contribution in [3.05, 3.63) is 39.3 Å². The van der Waals surface area contributed by atoms with E-state index in [0.717, 1.165) is 5.56 Å². The first-order valence-corrected chi connectivity index (χ1v) is 8.96. The number of hydrogen-bond donors (Lipinski definition) is 2. The van der Waals surface area contributed by atoms with Crippen molar-refractivity contribution < 1.29 is 14.7 Å². The van der Waals surface area contributed by atoms with Gasteiger partial charge in [-0.2, -0.15) is 0 Å². The van der Waals surface area contributed by atoms with E-state index >= 15 is 0 Å². The normalized spacial score (nSPS) is 12.0. The van der Waals surface area contributed by atoms with Crippen LogP contribution in [-0.2, 0) is 16.0 Å². The van der Waals surface area contributed by atoms with Gasteiger partial charge in [0.05, 0.1) is 17.1 Å². The van der Waals surface area contributed by atoms with Gasteiger partial charge in [-0.15, -0.1) is 11.3 Å². The molecule has 2 N–H and O–H groups in total. The highest BCUT2D eigenvalue weighted by atomic mass is 35.5. The highest BCUT2D eigenvalue weighted by Crippen LogP contribution is 2.32. The maximum absolute atomic E-state index is 12.0. The Hall–Kier alpha value is -1.63. The standard InChI is InChI=1S/C16H16Cl2N2O3S/c1-2-3-13(16(22)23)20-14(21)7-10-8-24-15(19-10)11-5-4-9(17)6-12(11)18/h4-6,8,13H,2-3,7H2,1H3,(H,20,21)(H,22,23). The molecule has 0 spiro atoms. The lowest BCUT2D eigenvalue weighted by molar-refractivity contribution is -0.141. The number of nitrogens with one attached hydrogen (secondary N) is 1. The molecule has 1 aromatic heterocycles. The van der Waals surface area contributed by atoms with Crippen LogP contribution in [0.4, 0.5) is 0 Å². The fourth-order valence-corrected chi connectivity index (χ4v) is 3.54.